The molecule has 6 nitrogen and oxygen atoms in total. The number of benzene rings is 2. The van der Waals surface area contributed by atoms with Crippen LogP contribution in [-0.2, 0) is 4.79 Å². The summed E-state index contributed by atoms with van der Waals surface area (Å²) in [4.78, 5) is 26.1. The van der Waals surface area contributed by atoms with Crippen molar-refractivity contribution < 1.29 is 14.3 Å². The first-order valence-electron chi connectivity index (χ1n) is 8.66. The van der Waals surface area contributed by atoms with Crippen LogP contribution in [0.2, 0.25) is 0 Å². The third kappa shape index (κ3) is 3.96. The number of para-hydroxylation sites is 1. The lowest BCUT2D eigenvalue weighted by Crippen LogP contribution is -2.44. The first kappa shape index (κ1) is 17.8. The van der Waals surface area contributed by atoms with Gasteiger partial charge in [-0.15, -0.1) is 0 Å². The van der Waals surface area contributed by atoms with E-state index in [0.29, 0.717) is 19.5 Å². The minimum atomic E-state index is -0.204. The van der Waals surface area contributed by atoms with Crippen LogP contribution in [0.1, 0.15) is 13.3 Å². The second-order valence-electron chi connectivity index (χ2n) is 6.30. The fourth-order valence-corrected chi connectivity index (χ4v) is 3.03. The molecule has 1 atom stereocenters. The number of carbonyl (C=O) groups is 2. The standard InChI is InChI=1S/C20H23N3O3/c1-14-13-21-19(24)10-11-23(14)20(25)22-18-9-4-3-8-17(18)15-6-5-7-16(12-15)26-2/h3-9,12,14H,10-11,13H2,1-2H3,(H,21,24)(H,22,25)/t14-/m0/s1. The van der Waals surface area contributed by atoms with E-state index in [1.54, 1.807) is 12.0 Å². The lowest BCUT2D eigenvalue weighted by molar-refractivity contribution is -0.120. The molecular weight excluding hydrogens is 330 g/mol. The lowest BCUT2D eigenvalue weighted by atomic mass is 10.0. The molecule has 0 bridgehead atoms. The Kier molecular flexibility index (Phi) is 5.41. The van der Waals surface area contributed by atoms with Gasteiger partial charge in [-0.1, -0.05) is 30.3 Å². The molecule has 2 N–H and O–H groups in total. The Morgan fingerprint density at radius 3 is 2.85 bits per heavy atom. The topological polar surface area (TPSA) is 70.7 Å². The van der Waals surface area contributed by atoms with Gasteiger partial charge in [0.25, 0.3) is 0 Å². The van der Waals surface area contributed by atoms with Crippen molar-refractivity contribution in [2.45, 2.75) is 19.4 Å². The minimum absolute atomic E-state index is 0.0241. The van der Waals surface area contributed by atoms with Crippen molar-refractivity contribution in [1.82, 2.24) is 10.2 Å². The molecule has 1 heterocycles. The minimum Gasteiger partial charge on any atom is -0.497 e. The Balaban J connectivity index is 1.84. The van der Waals surface area contributed by atoms with Crippen LogP contribution in [0.5, 0.6) is 5.75 Å². The van der Waals surface area contributed by atoms with Gasteiger partial charge in [0.05, 0.1) is 12.8 Å². The van der Waals surface area contributed by atoms with E-state index in [1.165, 1.54) is 0 Å². The van der Waals surface area contributed by atoms with Gasteiger partial charge < -0.3 is 20.3 Å². The van der Waals surface area contributed by atoms with Crippen LogP contribution in [-0.4, -0.2) is 43.1 Å². The molecule has 136 valence electrons. The summed E-state index contributed by atoms with van der Waals surface area (Å²) in [6.07, 6.45) is 0.315. The molecule has 0 aliphatic carbocycles. The number of nitrogens with one attached hydrogen (secondary N) is 2. The van der Waals surface area contributed by atoms with E-state index in [4.69, 9.17) is 4.74 Å². The average Bonchev–Trinajstić information content (AvgIpc) is 2.83. The van der Waals surface area contributed by atoms with Gasteiger partial charge >= 0.3 is 6.03 Å². The number of ether oxygens (including phenoxy) is 1. The van der Waals surface area contributed by atoms with Crippen molar-refractivity contribution in [1.29, 1.82) is 0 Å². The van der Waals surface area contributed by atoms with E-state index < -0.39 is 0 Å². The number of nitrogens with zero attached hydrogens (tertiary/aromatic N) is 1. The number of anilines is 1. The number of amides is 3. The van der Waals surface area contributed by atoms with Crippen LogP contribution < -0.4 is 15.4 Å². The van der Waals surface area contributed by atoms with Gasteiger partial charge in [0.1, 0.15) is 5.75 Å². The maximum atomic E-state index is 12.8. The molecule has 0 saturated carbocycles. The van der Waals surface area contributed by atoms with Crippen LogP contribution in [0.25, 0.3) is 11.1 Å². The number of urea groups is 1. The SMILES string of the molecule is COc1cccc(-c2ccccc2NC(=O)N2CCC(=O)NC[C@@H]2C)c1. The van der Waals surface area contributed by atoms with Gasteiger partial charge in [-0.25, -0.2) is 4.79 Å². The summed E-state index contributed by atoms with van der Waals surface area (Å²) in [5.41, 5.74) is 2.60. The monoisotopic (exact) mass is 353 g/mol. The fourth-order valence-electron chi connectivity index (χ4n) is 3.03. The normalized spacial score (nSPS) is 17.2. The van der Waals surface area contributed by atoms with Crippen molar-refractivity contribution >= 4 is 17.6 Å². The van der Waals surface area contributed by atoms with E-state index in [1.807, 2.05) is 55.5 Å². The molecule has 0 radical (unpaired) electrons. The van der Waals surface area contributed by atoms with Crippen LogP contribution in [0.4, 0.5) is 10.5 Å². The Morgan fingerprint density at radius 2 is 2.04 bits per heavy atom. The third-order valence-corrected chi connectivity index (χ3v) is 4.52. The molecule has 0 aromatic heterocycles. The van der Waals surface area contributed by atoms with Crippen LogP contribution >= 0.6 is 0 Å². The molecule has 3 rings (SSSR count). The molecule has 0 unspecified atom stereocenters. The first-order valence-corrected chi connectivity index (χ1v) is 8.66. The van der Waals surface area contributed by atoms with E-state index in [-0.39, 0.29) is 18.0 Å². The van der Waals surface area contributed by atoms with Gasteiger partial charge in [-0.2, -0.15) is 0 Å². The number of carbonyl (C=O) groups excluding carboxylic acids is 2. The molecule has 2 aromatic carbocycles. The second kappa shape index (κ2) is 7.91. The molecule has 26 heavy (non-hydrogen) atoms. The maximum absolute atomic E-state index is 12.8. The smallest absolute Gasteiger partial charge is 0.322 e. The predicted molar refractivity (Wildman–Crippen MR) is 101 cm³/mol. The largest absolute Gasteiger partial charge is 0.497 e. The van der Waals surface area contributed by atoms with Gasteiger partial charge in [0.2, 0.25) is 5.91 Å². The molecule has 6 heteroatoms. The van der Waals surface area contributed by atoms with Crippen molar-refractivity contribution in [3.8, 4) is 16.9 Å². The third-order valence-electron chi connectivity index (χ3n) is 4.52. The van der Waals surface area contributed by atoms with Crippen molar-refractivity contribution in [3.05, 3.63) is 48.5 Å². The van der Waals surface area contributed by atoms with Gasteiger partial charge in [0.15, 0.2) is 0 Å². The predicted octanol–water partition coefficient (Wildman–Crippen LogP) is 3.10. The summed E-state index contributed by atoms with van der Waals surface area (Å²) in [6.45, 7) is 2.79. The van der Waals surface area contributed by atoms with E-state index >= 15 is 0 Å². The summed E-state index contributed by atoms with van der Waals surface area (Å²) in [5, 5.41) is 5.81. The fraction of sp³-hybridized carbons (Fsp3) is 0.300. The maximum Gasteiger partial charge on any atom is 0.322 e. The highest BCUT2D eigenvalue weighted by Gasteiger charge is 2.25. The Bertz CT molecular complexity index is 806. The quantitative estimate of drug-likeness (QED) is 0.891. The van der Waals surface area contributed by atoms with E-state index in [9.17, 15) is 9.59 Å². The van der Waals surface area contributed by atoms with E-state index in [2.05, 4.69) is 10.6 Å². The molecule has 3 amide bonds. The van der Waals surface area contributed by atoms with Crippen molar-refractivity contribution in [3.63, 3.8) is 0 Å². The highest BCUT2D eigenvalue weighted by molar-refractivity contribution is 5.95. The Hall–Kier alpha value is -3.02. The first-order chi connectivity index (χ1) is 12.6. The summed E-state index contributed by atoms with van der Waals surface area (Å²) in [5.74, 6) is 0.735. The molecular formula is C20H23N3O3. The second-order valence-corrected chi connectivity index (χ2v) is 6.30. The number of hydrogen-bond donors (Lipinski definition) is 2. The molecule has 1 aliphatic rings. The highest BCUT2D eigenvalue weighted by atomic mass is 16.5. The van der Waals surface area contributed by atoms with Gasteiger partial charge in [-0.3, -0.25) is 4.79 Å². The molecule has 1 fully saturated rings. The zero-order valence-corrected chi connectivity index (χ0v) is 15.0. The summed E-state index contributed by atoms with van der Waals surface area (Å²) in [7, 11) is 1.63. The Morgan fingerprint density at radius 1 is 1.23 bits per heavy atom. The number of rotatable bonds is 3. The number of methoxy groups -OCH3 is 1. The zero-order chi connectivity index (χ0) is 18.5. The van der Waals surface area contributed by atoms with Gasteiger partial charge in [0, 0.05) is 31.1 Å². The summed E-state index contributed by atoms with van der Waals surface area (Å²) in [6, 6.07) is 15.1. The average molecular weight is 353 g/mol. The van der Waals surface area contributed by atoms with Crippen LogP contribution in [0, 0.1) is 0 Å². The summed E-state index contributed by atoms with van der Waals surface area (Å²) >= 11 is 0. The van der Waals surface area contributed by atoms with Gasteiger partial charge in [-0.05, 0) is 30.7 Å². The number of hydrogen-bond acceptors (Lipinski definition) is 3. The molecule has 0 spiro atoms. The Labute approximate surface area is 153 Å². The highest BCUT2D eigenvalue weighted by Crippen LogP contribution is 2.30. The lowest BCUT2D eigenvalue weighted by Gasteiger charge is -2.27. The molecule has 1 aliphatic heterocycles. The van der Waals surface area contributed by atoms with E-state index in [0.717, 1.165) is 22.6 Å². The summed E-state index contributed by atoms with van der Waals surface area (Å²) < 4.78 is 5.30. The van der Waals surface area contributed by atoms with Crippen molar-refractivity contribution in [2.24, 2.45) is 0 Å². The van der Waals surface area contributed by atoms with Crippen LogP contribution in [0.15, 0.2) is 48.5 Å². The van der Waals surface area contributed by atoms with Crippen LogP contribution in [0.3, 0.4) is 0 Å². The molecule has 1 saturated heterocycles. The van der Waals surface area contributed by atoms with Crippen molar-refractivity contribution in [2.75, 3.05) is 25.5 Å². The molecule has 2 aromatic rings. The zero-order valence-electron chi connectivity index (χ0n) is 15.0.